The van der Waals surface area contributed by atoms with Gasteiger partial charge in [-0.15, -0.1) is 5.10 Å². The number of hydrogen-bond donors (Lipinski definition) is 1. The van der Waals surface area contributed by atoms with E-state index in [-0.39, 0.29) is 11.4 Å². The third-order valence-corrected chi connectivity index (χ3v) is 3.14. The number of amides is 1. The molecule has 0 bridgehead atoms. The van der Waals surface area contributed by atoms with E-state index < -0.39 is 0 Å². The summed E-state index contributed by atoms with van der Waals surface area (Å²) >= 11 is 3.42. The van der Waals surface area contributed by atoms with Gasteiger partial charge in [0, 0.05) is 10.0 Å². The van der Waals surface area contributed by atoms with Crippen molar-refractivity contribution in [3.8, 4) is 5.69 Å². The van der Waals surface area contributed by atoms with Gasteiger partial charge in [0.15, 0.2) is 5.69 Å². The maximum absolute atomic E-state index is 12.2. The molecule has 5 nitrogen and oxygen atoms in total. The van der Waals surface area contributed by atoms with Crippen LogP contribution in [-0.4, -0.2) is 26.4 Å². The molecule has 0 aliphatic carbocycles. The van der Waals surface area contributed by atoms with Crippen molar-refractivity contribution < 1.29 is 4.79 Å². The average molecular weight is 337 g/mol. The van der Waals surface area contributed by atoms with Gasteiger partial charge in [-0.3, -0.25) is 4.79 Å². The molecule has 0 fully saturated rings. The van der Waals surface area contributed by atoms with Gasteiger partial charge in [0.2, 0.25) is 0 Å². The van der Waals surface area contributed by atoms with Crippen LogP contribution in [0.4, 0.5) is 0 Å². The fraction of sp³-hybridized carbons (Fsp3) is 0.357. The summed E-state index contributed by atoms with van der Waals surface area (Å²) in [6.45, 7) is 7.62. The molecule has 0 atom stereocenters. The van der Waals surface area contributed by atoms with Crippen molar-refractivity contribution in [2.24, 2.45) is 0 Å². The number of aromatic nitrogens is 3. The van der Waals surface area contributed by atoms with Crippen LogP contribution in [-0.2, 0) is 0 Å². The second-order valence-electron chi connectivity index (χ2n) is 5.62. The van der Waals surface area contributed by atoms with Crippen molar-refractivity contribution in [2.75, 3.05) is 0 Å². The highest BCUT2D eigenvalue weighted by Crippen LogP contribution is 2.17. The lowest BCUT2D eigenvalue weighted by molar-refractivity contribution is 0.0913. The Kier molecular flexibility index (Phi) is 3.94. The van der Waals surface area contributed by atoms with Crippen molar-refractivity contribution in [2.45, 2.75) is 33.2 Å². The molecule has 2 rings (SSSR count). The minimum absolute atomic E-state index is 0.212. The largest absolute Gasteiger partial charge is 0.346 e. The molecule has 106 valence electrons. The molecule has 0 saturated heterocycles. The molecule has 1 heterocycles. The van der Waals surface area contributed by atoms with Gasteiger partial charge in [0.25, 0.3) is 5.91 Å². The Balaban J connectivity index is 2.34. The van der Waals surface area contributed by atoms with Gasteiger partial charge in [-0.2, -0.15) is 0 Å². The first kappa shape index (κ1) is 14.7. The summed E-state index contributed by atoms with van der Waals surface area (Å²) in [5.41, 5.74) is 1.62. The predicted octanol–water partition coefficient (Wildman–Crippen LogP) is 2.87. The van der Waals surface area contributed by atoms with Crippen molar-refractivity contribution in [3.05, 3.63) is 40.1 Å². The Hall–Kier alpha value is -1.69. The van der Waals surface area contributed by atoms with Crippen molar-refractivity contribution in [1.29, 1.82) is 0 Å². The second-order valence-corrected chi connectivity index (χ2v) is 6.53. The third-order valence-electron chi connectivity index (χ3n) is 2.65. The van der Waals surface area contributed by atoms with Crippen molar-refractivity contribution in [1.82, 2.24) is 20.3 Å². The predicted molar refractivity (Wildman–Crippen MR) is 81.0 cm³/mol. The Bertz CT molecular complexity index is 643. The molecule has 1 N–H and O–H groups in total. The van der Waals surface area contributed by atoms with Crippen LogP contribution >= 0.6 is 15.9 Å². The summed E-state index contributed by atoms with van der Waals surface area (Å²) in [6, 6.07) is 7.68. The monoisotopic (exact) mass is 336 g/mol. The normalized spacial score (nSPS) is 11.4. The molecule has 0 saturated carbocycles. The van der Waals surface area contributed by atoms with Crippen LogP contribution < -0.4 is 5.32 Å². The van der Waals surface area contributed by atoms with E-state index in [4.69, 9.17) is 0 Å². The lowest BCUT2D eigenvalue weighted by Gasteiger charge is -2.19. The minimum Gasteiger partial charge on any atom is -0.346 e. The molecule has 1 aromatic heterocycles. The molecular weight excluding hydrogens is 320 g/mol. The molecule has 2 aromatic rings. The summed E-state index contributed by atoms with van der Waals surface area (Å²) in [7, 11) is 0. The van der Waals surface area contributed by atoms with E-state index in [0.29, 0.717) is 11.4 Å². The fourth-order valence-corrected chi connectivity index (χ4v) is 2.18. The van der Waals surface area contributed by atoms with E-state index in [0.717, 1.165) is 10.2 Å². The number of rotatable bonds is 2. The lowest BCUT2D eigenvalue weighted by atomic mass is 10.1. The molecule has 20 heavy (non-hydrogen) atoms. The molecule has 0 radical (unpaired) electrons. The van der Waals surface area contributed by atoms with Crippen molar-refractivity contribution >= 4 is 21.8 Å². The van der Waals surface area contributed by atoms with E-state index in [1.54, 1.807) is 4.68 Å². The van der Waals surface area contributed by atoms with Crippen LogP contribution in [0.2, 0.25) is 0 Å². The number of halogens is 1. The van der Waals surface area contributed by atoms with Crippen LogP contribution in [0, 0.1) is 6.92 Å². The molecule has 1 amide bonds. The number of hydrogen-bond acceptors (Lipinski definition) is 3. The highest BCUT2D eigenvalue weighted by molar-refractivity contribution is 9.10. The summed E-state index contributed by atoms with van der Waals surface area (Å²) in [5, 5.41) is 10.9. The maximum atomic E-state index is 12.2. The summed E-state index contributed by atoms with van der Waals surface area (Å²) in [6.07, 6.45) is 0. The minimum atomic E-state index is -0.303. The highest BCUT2D eigenvalue weighted by atomic mass is 79.9. The fourth-order valence-electron chi connectivity index (χ4n) is 1.79. The van der Waals surface area contributed by atoms with E-state index in [9.17, 15) is 4.79 Å². The zero-order chi connectivity index (χ0) is 14.9. The molecule has 6 heteroatoms. The van der Waals surface area contributed by atoms with Gasteiger partial charge in [0.1, 0.15) is 0 Å². The molecule has 0 aliphatic heterocycles. The lowest BCUT2D eigenvalue weighted by Crippen LogP contribution is -2.41. The van der Waals surface area contributed by atoms with Gasteiger partial charge in [-0.25, -0.2) is 4.68 Å². The SMILES string of the molecule is Cc1c(C(=O)NC(C)(C)C)nnn1-c1cccc(Br)c1. The zero-order valence-corrected chi connectivity index (χ0v) is 13.5. The summed E-state index contributed by atoms with van der Waals surface area (Å²) in [5.74, 6) is -0.212. The first-order valence-electron chi connectivity index (χ1n) is 6.29. The Morgan fingerprint density at radius 1 is 1.35 bits per heavy atom. The molecule has 1 aromatic carbocycles. The van der Waals surface area contributed by atoms with Gasteiger partial charge in [-0.05, 0) is 45.9 Å². The highest BCUT2D eigenvalue weighted by Gasteiger charge is 2.21. The van der Waals surface area contributed by atoms with E-state index in [2.05, 4.69) is 31.6 Å². The number of carbonyl (C=O) groups excluding carboxylic acids is 1. The van der Waals surface area contributed by atoms with Crippen LogP contribution in [0.3, 0.4) is 0 Å². The third kappa shape index (κ3) is 3.25. The van der Waals surface area contributed by atoms with Gasteiger partial charge >= 0.3 is 0 Å². The first-order chi connectivity index (χ1) is 9.28. The Morgan fingerprint density at radius 3 is 2.65 bits per heavy atom. The average Bonchev–Trinajstić information content (AvgIpc) is 2.69. The Morgan fingerprint density at radius 2 is 2.05 bits per heavy atom. The number of nitrogens with one attached hydrogen (secondary N) is 1. The van der Waals surface area contributed by atoms with Crippen LogP contribution in [0.1, 0.15) is 37.0 Å². The Labute approximate surface area is 126 Å². The molecule has 0 unspecified atom stereocenters. The second kappa shape index (κ2) is 5.36. The summed E-state index contributed by atoms with van der Waals surface area (Å²) < 4.78 is 2.60. The van der Waals surface area contributed by atoms with Gasteiger partial charge in [-0.1, -0.05) is 27.2 Å². The van der Waals surface area contributed by atoms with Gasteiger partial charge < -0.3 is 5.32 Å². The number of benzene rings is 1. The standard InChI is InChI=1S/C14H17BrN4O/c1-9-12(13(20)16-14(2,3)4)17-18-19(9)11-7-5-6-10(15)8-11/h5-8H,1-4H3,(H,16,20). The topological polar surface area (TPSA) is 59.8 Å². The van der Waals surface area contributed by atoms with Crippen LogP contribution in [0.5, 0.6) is 0 Å². The van der Waals surface area contributed by atoms with E-state index in [1.165, 1.54) is 0 Å². The molecular formula is C14H17BrN4O. The van der Waals surface area contributed by atoms with Crippen molar-refractivity contribution in [3.63, 3.8) is 0 Å². The van der Waals surface area contributed by atoms with Crippen LogP contribution in [0.25, 0.3) is 5.69 Å². The zero-order valence-electron chi connectivity index (χ0n) is 11.9. The van der Waals surface area contributed by atoms with E-state index in [1.807, 2.05) is 52.0 Å². The number of nitrogens with zero attached hydrogens (tertiary/aromatic N) is 3. The number of carbonyl (C=O) groups is 1. The smallest absolute Gasteiger partial charge is 0.274 e. The maximum Gasteiger partial charge on any atom is 0.274 e. The summed E-state index contributed by atoms with van der Waals surface area (Å²) in [4.78, 5) is 12.2. The van der Waals surface area contributed by atoms with Gasteiger partial charge in [0.05, 0.1) is 11.4 Å². The quantitative estimate of drug-likeness (QED) is 0.917. The van der Waals surface area contributed by atoms with Crippen LogP contribution in [0.15, 0.2) is 28.7 Å². The van der Waals surface area contributed by atoms with E-state index >= 15 is 0 Å². The molecule has 0 spiro atoms. The molecule has 0 aliphatic rings. The first-order valence-corrected chi connectivity index (χ1v) is 7.08.